The zero-order valence-corrected chi connectivity index (χ0v) is 11.6. The summed E-state index contributed by atoms with van der Waals surface area (Å²) in [6.45, 7) is 4.41. The largest absolute Gasteiger partial charge is 0.399 e. The standard InChI is InChI=1S/C12H15Cl2N3O/c1-8(18)16-2-4-17(5-3-16)12-10(13)6-9(15)7-11(12)14/h6-7H,2-5,15H2,1H3. The normalized spacial score (nSPS) is 15.9. The van der Waals surface area contributed by atoms with Gasteiger partial charge in [-0.3, -0.25) is 4.79 Å². The molecule has 1 fully saturated rings. The minimum absolute atomic E-state index is 0.101. The van der Waals surface area contributed by atoms with Crippen LogP contribution in [0.4, 0.5) is 11.4 Å². The Morgan fingerprint density at radius 2 is 1.67 bits per heavy atom. The number of benzene rings is 1. The van der Waals surface area contributed by atoms with E-state index in [-0.39, 0.29) is 5.91 Å². The number of rotatable bonds is 1. The molecule has 2 rings (SSSR count). The number of nitrogens with two attached hydrogens (primary N) is 1. The van der Waals surface area contributed by atoms with E-state index in [1.807, 2.05) is 4.90 Å². The molecule has 0 unspecified atom stereocenters. The molecule has 0 aliphatic carbocycles. The lowest BCUT2D eigenvalue weighted by Gasteiger charge is -2.36. The summed E-state index contributed by atoms with van der Waals surface area (Å²) in [6, 6.07) is 3.39. The van der Waals surface area contributed by atoms with Crippen LogP contribution >= 0.6 is 23.2 Å². The van der Waals surface area contributed by atoms with Crippen molar-refractivity contribution >= 4 is 40.5 Å². The van der Waals surface area contributed by atoms with Crippen molar-refractivity contribution in [2.75, 3.05) is 36.8 Å². The first-order chi connectivity index (χ1) is 8.49. The molecule has 1 heterocycles. The van der Waals surface area contributed by atoms with Gasteiger partial charge in [0.2, 0.25) is 5.91 Å². The minimum atomic E-state index is 0.101. The van der Waals surface area contributed by atoms with E-state index in [0.717, 1.165) is 18.8 Å². The molecule has 1 aliphatic rings. The predicted molar refractivity (Wildman–Crippen MR) is 75.3 cm³/mol. The monoisotopic (exact) mass is 287 g/mol. The molecule has 18 heavy (non-hydrogen) atoms. The van der Waals surface area contributed by atoms with Gasteiger partial charge in [0.1, 0.15) is 0 Å². The molecular formula is C12H15Cl2N3O. The highest BCUT2D eigenvalue weighted by molar-refractivity contribution is 6.39. The van der Waals surface area contributed by atoms with Crippen LogP contribution in [-0.4, -0.2) is 37.0 Å². The quantitative estimate of drug-likeness (QED) is 0.806. The van der Waals surface area contributed by atoms with Crippen molar-refractivity contribution in [2.24, 2.45) is 0 Å². The maximum Gasteiger partial charge on any atom is 0.219 e. The average Bonchev–Trinajstić information content (AvgIpc) is 2.28. The van der Waals surface area contributed by atoms with Gasteiger partial charge in [0.15, 0.2) is 0 Å². The number of halogens is 2. The zero-order chi connectivity index (χ0) is 13.3. The van der Waals surface area contributed by atoms with Crippen LogP contribution in [0.1, 0.15) is 6.92 Å². The van der Waals surface area contributed by atoms with Crippen LogP contribution in [0.15, 0.2) is 12.1 Å². The summed E-state index contributed by atoms with van der Waals surface area (Å²) >= 11 is 12.4. The third-order valence-electron chi connectivity index (χ3n) is 3.08. The van der Waals surface area contributed by atoms with Crippen LogP contribution in [0, 0.1) is 0 Å². The fraction of sp³-hybridized carbons (Fsp3) is 0.417. The lowest BCUT2D eigenvalue weighted by molar-refractivity contribution is -0.129. The van der Waals surface area contributed by atoms with Gasteiger partial charge in [0, 0.05) is 38.8 Å². The molecule has 1 amide bonds. The lowest BCUT2D eigenvalue weighted by atomic mass is 10.2. The van der Waals surface area contributed by atoms with Crippen molar-refractivity contribution in [1.82, 2.24) is 4.90 Å². The number of carbonyl (C=O) groups is 1. The molecule has 98 valence electrons. The van der Waals surface area contributed by atoms with Crippen molar-refractivity contribution in [3.05, 3.63) is 22.2 Å². The van der Waals surface area contributed by atoms with Crippen molar-refractivity contribution in [3.63, 3.8) is 0 Å². The van der Waals surface area contributed by atoms with Crippen LogP contribution in [0.25, 0.3) is 0 Å². The van der Waals surface area contributed by atoms with E-state index in [2.05, 4.69) is 4.90 Å². The third-order valence-corrected chi connectivity index (χ3v) is 3.66. The Labute approximate surface area is 116 Å². The second-order valence-electron chi connectivity index (χ2n) is 4.33. The maximum absolute atomic E-state index is 11.3. The summed E-state index contributed by atoms with van der Waals surface area (Å²) in [5.74, 6) is 0.101. The van der Waals surface area contributed by atoms with Gasteiger partial charge in [-0.1, -0.05) is 23.2 Å². The molecule has 1 aromatic carbocycles. The number of hydrogen-bond donors (Lipinski definition) is 1. The van der Waals surface area contributed by atoms with Crippen LogP contribution in [0.3, 0.4) is 0 Å². The molecule has 1 saturated heterocycles. The van der Waals surface area contributed by atoms with Crippen LogP contribution in [0.5, 0.6) is 0 Å². The van der Waals surface area contributed by atoms with Gasteiger partial charge >= 0.3 is 0 Å². The van der Waals surface area contributed by atoms with E-state index < -0.39 is 0 Å². The molecule has 2 N–H and O–H groups in total. The van der Waals surface area contributed by atoms with Gasteiger partial charge in [0.05, 0.1) is 15.7 Å². The first kappa shape index (κ1) is 13.3. The van der Waals surface area contributed by atoms with Crippen molar-refractivity contribution in [3.8, 4) is 0 Å². The Hall–Kier alpha value is -1.13. The molecule has 0 spiro atoms. The summed E-state index contributed by atoms with van der Waals surface area (Å²) in [6.07, 6.45) is 0. The summed E-state index contributed by atoms with van der Waals surface area (Å²) < 4.78 is 0. The molecule has 0 radical (unpaired) electrons. The molecule has 1 aliphatic heterocycles. The molecular weight excluding hydrogens is 273 g/mol. The fourth-order valence-corrected chi connectivity index (χ4v) is 2.88. The second kappa shape index (κ2) is 5.24. The summed E-state index contributed by atoms with van der Waals surface area (Å²) in [5.41, 5.74) is 7.03. The average molecular weight is 288 g/mol. The molecule has 0 atom stereocenters. The molecule has 6 heteroatoms. The van der Waals surface area contributed by atoms with Crippen molar-refractivity contribution < 1.29 is 4.79 Å². The van der Waals surface area contributed by atoms with E-state index in [1.54, 1.807) is 19.1 Å². The summed E-state index contributed by atoms with van der Waals surface area (Å²) in [4.78, 5) is 15.2. The highest BCUT2D eigenvalue weighted by Crippen LogP contribution is 2.36. The number of hydrogen-bond acceptors (Lipinski definition) is 3. The first-order valence-electron chi connectivity index (χ1n) is 5.74. The van der Waals surface area contributed by atoms with Crippen LogP contribution in [0.2, 0.25) is 10.0 Å². The van der Waals surface area contributed by atoms with Crippen LogP contribution in [-0.2, 0) is 4.79 Å². The Balaban J connectivity index is 2.17. The number of piperazine rings is 1. The van der Waals surface area contributed by atoms with Gasteiger partial charge in [-0.25, -0.2) is 0 Å². The summed E-state index contributed by atoms with van der Waals surface area (Å²) in [7, 11) is 0. The number of nitrogen functional groups attached to an aromatic ring is 1. The molecule has 0 bridgehead atoms. The smallest absolute Gasteiger partial charge is 0.219 e. The van der Waals surface area contributed by atoms with E-state index >= 15 is 0 Å². The fourth-order valence-electron chi connectivity index (χ4n) is 2.13. The molecule has 1 aromatic rings. The zero-order valence-electron chi connectivity index (χ0n) is 10.1. The van der Waals surface area contributed by atoms with E-state index in [1.165, 1.54) is 0 Å². The Morgan fingerprint density at radius 1 is 1.17 bits per heavy atom. The van der Waals surface area contributed by atoms with Gasteiger partial charge in [-0.15, -0.1) is 0 Å². The van der Waals surface area contributed by atoms with Gasteiger partial charge in [-0.2, -0.15) is 0 Å². The predicted octanol–water partition coefficient (Wildman–Crippen LogP) is 2.24. The second-order valence-corrected chi connectivity index (χ2v) is 5.14. The molecule has 0 aromatic heterocycles. The highest BCUT2D eigenvalue weighted by atomic mass is 35.5. The highest BCUT2D eigenvalue weighted by Gasteiger charge is 2.22. The van der Waals surface area contributed by atoms with Crippen LogP contribution < -0.4 is 10.6 Å². The van der Waals surface area contributed by atoms with E-state index in [9.17, 15) is 4.79 Å². The number of carbonyl (C=O) groups excluding carboxylic acids is 1. The SMILES string of the molecule is CC(=O)N1CCN(c2c(Cl)cc(N)cc2Cl)CC1. The lowest BCUT2D eigenvalue weighted by Crippen LogP contribution is -2.48. The Kier molecular flexibility index (Phi) is 3.88. The van der Waals surface area contributed by atoms with Crippen molar-refractivity contribution in [2.45, 2.75) is 6.92 Å². The Morgan fingerprint density at radius 3 is 2.11 bits per heavy atom. The molecule has 0 saturated carbocycles. The van der Waals surface area contributed by atoms with Gasteiger partial charge in [0.25, 0.3) is 0 Å². The van der Waals surface area contributed by atoms with Crippen molar-refractivity contribution in [1.29, 1.82) is 0 Å². The Bertz CT molecular complexity index is 447. The third kappa shape index (κ3) is 2.65. The number of anilines is 2. The maximum atomic E-state index is 11.3. The topological polar surface area (TPSA) is 49.6 Å². The van der Waals surface area contributed by atoms with E-state index in [4.69, 9.17) is 28.9 Å². The van der Waals surface area contributed by atoms with E-state index in [0.29, 0.717) is 28.8 Å². The number of nitrogens with zero attached hydrogens (tertiary/aromatic N) is 2. The summed E-state index contributed by atoms with van der Waals surface area (Å²) in [5, 5.41) is 1.10. The molecule has 4 nitrogen and oxygen atoms in total. The number of amides is 1. The van der Waals surface area contributed by atoms with Gasteiger partial charge in [-0.05, 0) is 12.1 Å². The van der Waals surface area contributed by atoms with Gasteiger partial charge < -0.3 is 15.5 Å². The first-order valence-corrected chi connectivity index (χ1v) is 6.49. The minimum Gasteiger partial charge on any atom is -0.399 e.